The average Bonchev–Trinajstić information content (AvgIpc) is 2.44. The summed E-state index contributed by atoms with van der Waals surface area (Å²) in [5.74, 6) is -3.94. The summed E-state index contributed by atoms with van der Waals surface area (Å²) in [7, 11) is -4.83. The van der Waals surface area contributed by atoms with Gasteiger partial charge in [-0.3, -0.25) is 13.9 Å². The number of aliphatic hydroxyl groups excluding tert-OH is 1. The Balaban J connectivity index is 5.09. The van der Waals surface area contributed by atoms with Crippen molar-refractivity contribution >= 4 is 22.9 Å². The van der Waals surface area contributed by atoms with Gasteiger partial charge in [0.15, 0.2) is 12.4 Å². The number of rotatable bonds is 10. The molecular weight excluding hydrogens is 394 g/mol. The Morgan fingerprint density at radius 1 is 0.926 bits per heavy atom. The molecule has 0 aromatic rings. The van der Waals surface area contributed by atoms with Gasteiger partial charge in [-0.05, 0) is 36.3 Å². The third-order valence-corrected chi connectivity index (χ3v) is 13.6. The summed E-state index contributed by atoms with van der Waals surface area (Å²) in [6.45, 7) is 18.5. The lowest BCUT2D eigenvalue weighted by Crippen LogP contribution is -2.51. The highest BCUT2D eigenvalue weighted by atomic mass is 28.4. The average molecular weight is 431 g/mol. The number of alkyl halides is 2. The zero-order valence-electron chi connectivity index (χ0n) is 18.2. The Hall–Kier alpha value is -0.236. The Labute approximate surface area is 163 Å². The zero-order chi connectivity index (χ0) is 21.9. The highest BCUT2D eigenvalue weighted by Gasteiger charge is 2.49. The van der Waals surface area contributed by atoms with Crippen LogP contribution in [-0.2, 0) is 23.7 Å². The number of hydrogen-bond donors (Lipinski definition) is 1. The number of carbonyl (C=O) groups is 1. The molecule has 0 rings (SSSR count). The minimum Gasteiger partial charge on any atom is -0.387 e. The molecule has 0 unspecified atom stereocenters. The smallest absolute Gasteiger partial charge is 0.333 e. The molecule has 6 nitrogen and oxygen atoms in total. The van der Waals surface area contributed by atoms with Crippen molar-refractivity contribution in [2.45, 2.75) is 95.9 Å². The molecular formula is C17H36F2O6Si2. The quantitative estimate of drug-likeness (QED) is 0.239. The Morgan fingerprint density at radius 2 is 1.33 bits per heavy atom. The minimum absolute atomic E-state index is 0.161. The summed E-state index contributed by atoms with van der Waals surface area (Å²) in [4.78, 5) is 20.8. The van der Waals surface area contributed by atoms with E-state index in [0.29, 0.717) is 0 Å². The van der Waals surface area contributed by atoms with E-state index in [-0.39, 0.29) is 10.1 Å². The third kappa shape index (κ3) is 7.60. The number of hydrogen-bond acceptors (Lipinski definition) is 6. The van der Waals surface area contributed by atoms with Crippen molar-refractivity contribution in [2.24, 2.45) is 0 Å². The lowest BCUT2D eigenvalue weighted by molar-refractivity contribution is -0.332. The van der Waals surface area contributed by atoms with E-state index in [4.69, 9.17) is 18.9 Å². The van der Waals surface area contributed by atoms with Gasteiger partial charge in [0.2, 0.25) is 16.6 Å². The summed E-state index contributed by atoms with van der Waals surface area (Å²) in [5.41, 5.74) is 0. The van der Waals surface area contributed by atoms with Crippen molar-refractivity contribution in [3.05, 3.63) is 0 Å². The van der Waals surface area contributed by atoms with Crippen molar-refractivity contribution < 1.29 is 37.6 Å². The first kappa shape index (κ1) is 26.8. The van der Waals surface area contributed by atoms with Crippen LogP contribution >= 0.6 is 0 Å². The van der Waals surface area contributed by atoms with E-state index in [9.17, 15) is 18.7 Å². The van der Waals surface area contributed by atoms with Gasteiger partial charge in [-0.1, -0.05) is 41.5 Å². The topological polar surface area (TPSA) is 74.2 Å². The second-order valence-electron chi connectivity index (χ2n) is 9.85. The molecule has 0 amide bonds. The molecule has 10 heteroatoms. The minimum atomic E-state index is -3.94. The second-order valence-corrected chi connectivity index (χ2v) is 19.2. The lowest BCUT2D eigenvalue weighted by atomic mass is 10.1. The van der Waals surface area contributed by atoms with E-state index in [1.165, 1.54) is 0 Å². The van der Waals surface area contributed by atoms with Crippen LogP contribution in [0.1, 0.15) is 41.5 Å². The fourth-order valence-corrected chi connectivity index (χ4v) is 2.42. The standard InChI is InChI=1S/C17H36F2O6Si2/c1-15(2,3)26(7,8)24-22-11-13(21)14(17(18,19)12-20)23-25-27(9,10)16(4,5)6/h12-14,21H,11H2,1-10H3/t13-,14-/m1/s1. The van der Waals surface area contributed by atoms with Gasteiger partial charge >= 0.3 is 5.92 Å². The fourth-order valence-electron chi connectivity index (χ4n) is 1.21. The van der Waals surface area contributed by atoms with Crippen LogP contribution in [0.5, 0.6) is 0 Å². The molecule has 0 saturated heterocycles. The first-order chi connectivity index (χ1) is 11.8. The van der Waals surface area contributed by atoms with E-state index in [1.807, 2.05) is 54.6 Å². The molecule has 1 N–H and O–H groups in total. The van der Waals surface area contributed by atoms with Gasteiger partial charge in [0, 0.05) is 0 Å². The maximum Gasteiger partial charge on any atom is 0.333 e. The van der Waals surface area contributed by atoms with Crippen LogP contribution in [0.4, 0.5) is 8.78 Å². The van der Waals surface area contributed by atoms with Crippen molar-refractivity contribution in [3.63, 3.8) is 0 Å². The molecule has 0 aliphatic rings. The first-order valence-electron chi connectivity index (χ1n) is 8.96. The van der Waals surface area contributed by atoms with Gasteiger partial charge in [0.1, 0.15) is 12.7 Å². The van der Waals surface area contributed by atoms with Crippen molar-refractivity contribution in [1.29, 1.82) is 0 Å². The highest BCUT2D eigenvalue weighted by molar-refractivity contribution is 6.74. The van der Waals surface area contributed by atoms with Gasteiger partial charge in [0.05, 0.1) is 0 Å². The van der Waals surface area contributed by atoms with Crippen LogP contribution in [-0.4, -0.2) is 52.8 Å². The summed E-state index contributed by atoms with van der Waals surface area (Å²) < 4.78 is 38.7. The highest BCUT2D eigenvalue weighted by Crippen LogP contribution is 2.38. The largest absolute Gasteiger partial charge is 0.387 e. The maximum atomic E-state index is 14.0. The van der Waals surface area contributed by atoms with E-state index in [2.05, 4.69) is 0 Å². The molecule has 162 valence electrons. The molecule has 0 fully saturated rings. The van der Waals surface area contributed by atoms with Crippen LogP contribution < -0.4 is 0 Å². The predicted molar refractivity (Wildman–Crippen MR) is 104 cm³/mol. The molecule has 0 spiro atoms. The summed E-state index contributed by atoms with van der Waals surface area (Å²) in [6.07, 6.45) is -4.59. The molecule has 27 heavy (non-hydrogen) atoms. The monoisotopic (exact) mass is 430 g/mol. The van der Waals surface area contributed by atoms with Crippen LogP contribution in [0, 0.1) is 0 Å². The van der Waals surface area contributed by atoms with Gasteiger partial charge in [-0.2, -0.15) is 8.78 Å². The summed E-state index contributed by atoms with van der Waals surface area (Å²) in [6, 6.07) is 0. The van der Waals surface area contributed by atoms with Gasteiger partial charge in [0.25, 0.3) is 0 Å². The van der Waals surface area contributed by atoms with Gasteiger partial charge < -0.3 is 5.11 Å². The molecule has 0 radical (unpaired) electrons. The van der Waals surface area contributed by atoms with Crippen molar-refractivity contribution in [1.82, 2.24) is 0 Å². The molecule has 0 bridgehead atoms. The van der Waals surface area contributed by atoms with Gasteiger partial charge in [-0.15, -0.1) is 0 Å². The molecule has 0 aliphatic heterocycles. The summed E-state index contributed by atoms with van der Waals surface area (Å²) >= 11 is 0. The number of aldehydes is 1. The Morgan fingerprint density at radius 3 is 1.70 bits per heavy atom. The normalized spacial score (nSPS) is 16.9. The number of carbonyl (C=O) groups excluding carboxylic acids is 1. The zero-order valence-corrected chi connectivity index (χ0v) is 20.2. The third-order valence-electron chi connectivity index (χ3n) is 5.36. The Bertz CT molecular complexity index is 487. The molecule has 0 aromatic heterocycles. The van der Waals surface area contributed by atoms with E-state index < -0.39 is 47.7 Å². The molecule has 0 saturated carbocycles. The van der Waals surface area contributed by atoms with Crippen LogP contribution in [0.2, 0.25) is 36.3 Å². The molecule has 0 aromatic carbocycles. The first-order valence-corrected chi connectivity index (χ1v) is 14.8. The van der Waals surface area contributed by atoms with E-state index in [0.717, 1.165) is 0 Å². The molecule has 0 aliphatic carbocycles. The lowest BCUT2D eigenvalue weighted by Gasteiger charge is -2.37. The van der Waals surface area contributed by atoms with Crippen molar-refractivity contribution in [3.8, 4) is 0 Å². The SMILES string of the molecule is CC(C)(C)[Si](C)(C)OOC[C@@H](O)[C@@H](OO[Si](C)(C)C(C)(C)C)C(F)(F)C=O. The fraction of sp³-hybridized carbons (Fsp3) is 0.941. The number of halogens is 2. The van der Waals surface area contributed by atoms with E-state index in [1.54, 1.807) is 13.1 Å². The predicted octanol–water partition coefficient (Wildman–Crippen LogP) is 4.46. The maximum absolute atomic E-state index is 14.0. The molecule has 2 atom stereocenters. The van der Waals surface area contributed by atoms with E-state index >= 15 is 0 Å². The van der Waals surface area contributed by atoms with Crippen molar-refractivity contribution in [2.75, 3.05) is 6.61 Å². The number of aliphatic hydroxyl groups is 1. The molecule has 0 heterocycles. The van der Waals surface area contributed by atoms with Crippen LogP contribution in [0.3, 0.4) is 0 Å². The summed E-state index contributed by atoms with van der Waals surface area (Å²) in [5, 5.41) is 9.69. The Kier molecular flexibility index (Phi) is 8.98. The second kappa shape index (κ2) is 9.06. The van der Waals surface area contributed by atoms with Crippen LogP contribution in [0.15, 0.2) is 0 Å². The van der Waals surface area contributed by atoms with Crippen LogP contribution in [0.25, 0.3) is 0 Å². The van der Waals surface area contributed by atoms with Gasteiger partial charge in [-0.25, -0.2) is 9.78 Å².